The van der Waals surface area contributed by atoms with Crippen LogP contribution in [0.25, 0.3) is 18.2 Å². The van der Waals surface area contributed by atoms with E-state index >= 15 is 0 Å². The summed E-state index contributed by atoms with van der Waals surface area (Å²) in [6.45, 7) is 0. The molecular formula is C26H22MgO10+2. The summed E-state index contributed by atoms with van der Waals surface area (Å²) in [6.07, 6.45) is 3.23. The summed E-state index contributed by atoms with van der Waals surface area (Å²) in [7, 11) is 0. The van der Waals surface area contributed by atoms with E-state index in [2.05, 4.69) is 0 Å². The van der Waals surface area contributed by atoms with E-state index in [-0.39, 0.29) is 57.8 Å². The van der Waals surface area contributed by atoms with Gasteiger partial charge in [0.2, 0.25) is 6.10 Å². The summed E-state index contributed by atoms with van der Waals surface area (Å²) in [5, 5.41) is 67.5. The number of aromatic hydroxyl groups is 6. The molecule has 0 spiro atoms. The van der Waals surface area contributed by atoms with Crippen LogP contribution in [0.5, 0.6) is 34.5 Å². The number of phenols is 6. The molecular weight excluding hydrogens is 497 g/mol. The summed E-state index contributed by atoms with van der Waals surface area (Å²) in [4.78, 5) is 23.9. The Labute approximate surface area is 226 Å². The van der Waals surface area contributed by atoms with Crippen LogP contribution >= 0.6 is 0 Å². The Morgan fingerprint density at radius 1 is 0.757 bits per heavy atom. The van der Waals surface area contributed by atoms with Gasteiger partial charge in [0, 0.05) is 18.1 Å². The van der Waals surface area contributed by atoms with Crippen molar-refractivity contribution in [3.63, 3.8) is 0 Å². The molecule has 3 rings (SSSR count). The maximum absolute atomic E-state index is 12.3. The van der Waals surface area contributed by atoms with Crippen molar-refractivity contribution in [1.82, 2.24) is 0 Å². The predicted octanol–water partition coefficient (Wildman–Crippen LogP) is 2.96. The van der Waals surface area contributed by atoms with Gasteiger partial charge in [-0.05, 0) is 59.2 Å². The molecule has 0 radical (unpaired) electrons. The zero-order chi connectivity index (χ0) is 26.4. The number of carboxylic acids is 1. The minimum absolute atomic E-state index is 0. The van der Waals surface area contributed by atoms with Crippen LogP contribution in [-0.4, -0.2) is 76.8 Å². The third-order valence-electron chi connectivity index (χ3n) is 5.07. The molecule has 3 aromatic carbocycles. The number of aliphatic carboxylic acids is 1. The normalized spacial score (nSPS) is 11.8. The molecule has 0 saturated carbocycles. The van der Waals surface area contributed by atoms with Crippen molar-refractivity contribution < 1.29 is 50.1 Å². The zero-order valence-electron chi connectivity index (χ0n) is 19.3. The first-order valence-corrected chi connectivity index (χ1v) is 10.4. The van der Waals surface area contributed by atoms with Crippen molar-refractivity contribution >= 4 is 53.2 Å². The number of hydrogen-bond acceptors (Lipinski definition) is 9. The van der Waals surface area contributed by atoms with Gasteiger partial charge in [0.25, 0.3) is 0 Å². The monoisotopic (exact) mass is 518 g/mol. The van der Waals surface area contributed by atoms with Crippen molar-refractivity contribution in [2.24, 2.45) is 0 Å². The average Bonchev–Trinajstić information content (AvgIpc) is 2.83. The second-order valence-corrected chi connectivity index (χ2v) is 7.64. The summed E-state index contributed by atoms with van der Waals surface area (Å²) in [5.74, 6) is -4.82. The van der Waals surface area contributed by atoms with E-state index in [1.165, 1.54) is 60.7 Å². The van der Waals surface area contributed by atoms with Gasteiger partial charge in [0.1, 0.15) is 0 Å². The predicted molar refractivity (Wildman–Crippen MR) is 134 cm³/mol. The van der Waals surface area contributed by atoms with E-state index in [0.29, 0.717) is 11.1 Å². The van der Waals surface area contributed by atoms with Crippen molar-refractivity contribution in [2.45, 2.75) is 12.5 Å². The third-order valence-corrected chi connectivity index (χ3v) is 5.07. The summed E-state index contributed by atoms with van der Waals surface area (Å²) in [5.41, 5.74) is 1.16. The molecule has 0 aliphatic carbocycles. The fourth-order valence-corrected chi connectivity index (χ4v) is 3.18. The number of esters is 1. The van der Waals surface area contributed by atoms with Crippen molar-refractivity contribution in [3.8, 4) is 34.5 Å². The van der Waals surface area contributed by atoms with Crippen LogP contribution in [0.15, 0.2) is 54.6 Å². The molecule has 0 aromatic heterocycles. The molecule has 10 nitrogen and oxygen atoms in total. The van der Waals surface area contributed by atoms with Gasteiger partial charge in [-0.2, -0.15) is 0 Å². The smallest absolute Gasteiger partial charge is 0.504 e. The first-order valence-electron chi connectivity index (χ1n) is 10.4. The number of carboxylic acid groups (broad SMARTS) is 1. The van der Waals surface area contributed by atoms with E-state index in [0.717, 1.165) is 12.1 Å². The number of phenolic OH excluding ortho intramolecular Hbond substituents is 6. The number of benzene rings is 3. The molecule has 0 aliphatic heterocycles. The number of carbonyl (C=O) groups is 2. The Balaban J connectivity index is 0.00000481. The molecule has 0 fully saturated rings. The van der Waals surface area contributed by atoms with E-state index in [4.69, 9.17) is 4.74 Å². The Hall–Kier alpha value is -4.35. The Kier molecular flexibility index (Phi) is 9.80. The molecule has 3 aromatic rings. The number of carbonyl (C=O) groups excluding carboxylic acids is 1. The van der Waals surface area contributed by atoms with E-state index in [1.54, 1.807) is 0 Å². The van der Waals surface area contributed by atoms with Crippen LogP contribution in [0.4, 0.5) is 0 Å². The van der Waals surface area contributed by atoms with Crippen LogP contribution in [-0.2, 0) is 20.7 Å². The number of rotatable bonds is 8. The first-order chi connectivity index (χ1) is 17.0. The minimum Gasteiger partial charge on any atom is -0.504 e. The largest absolute Gasteiger partial charge is 2.00 e. The van der Waals surface area contributed by atoms with Crippen LogP contribution in [0.3, 0.4) is 0 Å². The van der Waals surface area contributed by atoms with Gasteiger partial charge in [-0.1, -0.05) is 24.3 Å². The maximum Gasteiger partial charge on any atom is 2.00 e. The molecule has 1 unspecified atom stereocenters. The van der Waals surface area contributed by atoms with E-state index in [1.807, 2.05) is 0 Å². The summed E-state index contributed by atoms with van der Waals surface area (Å²) >= 11 is 0. The van der Waals surface area contributed by atoms with Crippen molar-refractivity contribution in [1.29, 1.82) is 0 Å². The standard InChI is InChI=1S/C26H22O10.Mg/c27-18-7-2-14(11-21(18)30)1-6-17-16(4-9-20(29)25(17)33)5-10-24(32)36-23(26(34)35)13-15-3-8-19(28)22(31)12-15;/h1-12,23,27-31,33H,13H2,(H,34,35);/q;+2/b6-1+,10-5+;. The molecule has 0 bridgehead atoms. The second-order valence-electron chi connectivity index (χ2n) is 7.64. The number of ether oxygens (including phenoxy) is 1. The second kappa shape index (κ2) is 12.6. The van der Waals surface area contributed by atoms with Gasteiger partial charge >= 0.3 is 35.0 Å². The molecule has 0 saturated heterocycles. The summed E-state index contributed by atoms with van der Waals surface area (Å²) < 4.78 is 5.00. The SMILES string of the molecule is O=C(/C=C/c1ccc(O)c(O)c1/C=C/c1ccc(O)c(O)c1)OC(Cc1ccc(O)c(O)c1)C(=O)O.[Mg+2]. The van der Waals surface area contributed by atoms with Gasteiger partial charge in [-0.25, -0.2) is 9.59 Å². The molecule has 11 heteroatoms. The Bertz CT molecular complexity index is 1360. The Morgan fingerprint density at radius 3 is 2.00 bits per heavy atom. The van der Waals surface area contributed by atoms with Crippen LogP contribution in [0.1, 0.15) is 22.3 Å². The van der Waals surface area contributed by atoms with Crippen LogP contribution in [0.2, 0.25) is 0 Å². The Morgan fingerprint density at radius 2 is 1.38 bits per heavy atom. The average molecular weight is 519 g/mol. The molecule has 7 N–H and O–H groups in total. The van der Waals surface area contributed by atoms with Crippen molar-refractivity contribution in [2.75, 3.05) is 0 Å². The van der Waals surface area contributed by atoms with Gasteiger partial charge in [-0.15, -0.1) is 0 Å². The van der Waals surface area contributed by atoms with Gasteiger partial charge in [-0.3, -0.25) is 0 Å². The van der Waals surface area contributed by atoms with Gasteiger partial charge < -0.3 is 40.5 Å². The maximum atomic E-state index is 12.3. The van der Waals surface area contributed by atoms with E-state index in [9.17, 15) is 45.3 Å². The van der Waals surface area contributed by atoms with Crippen molar-refractivity contribution in [3.05, 3.63) is 76.9 Å². The zero-order valence-corrected chi connectivity index (χ0v) is 20.7. The van der Waals surface area contributed by atoms with Gasteiger partial charge in [0.05, 0.1) is 0 Å². The fraction of sp³-hybridized carbons (Fsp3) is 0.0769. The molecule has 0 heterocycles. The van der Waals surface area contributed by atoms with Crippen LogP contribution < -0.4 is 0 Å². The molecule has 0 amide bonds. The molecule has 186 valence electrons. The number of hydrogen-bond donors (Lipinski definition) is 7. The topological polar surface area (TPSA) is 185 Å². The molecule has 0 aliphatic rings. The van der Waals surface area contributed by atoms with Gasteiger partial charge in [0.15, 0.2) is 34.5 Å². The minimum atomic E-state index is -1.58. The van der Waals surface area contributed by atoms with Crippen LogP contribution in [0, 0.1) is 0 Å². The van der Waals surface area contributed by atoms with E-state index < -0.39 is 35.3 Å². The quantitative estimate of drug-likeness (QED) is 0.0768. The first kappa shape index (κ1) is 28.9. The third kappa shape index (κ3) is 7.56. The fourth-order valence-electron chi connectivity index (χ4n) is 3.18. The molecule has 37 heavy (non-hydrogen) atoms. The molecule has 1 atom stereocenters. The summed E-state index contributed by atoms with van der Waals surface area (Å²) in [6, 6.07) is 10.4.